The van der Waals surface area contributed by atoms with E-state index in [0.717, 1.165) is 10.5 Å². The lowest BCUT2D eigenvalue weighted by molar-refractivity contribution is -0.141. The van der Waals surface area contributed by atoms with E-state index in [1.807, 2.05) is 69.3 Å². The van der Waals surface area contributed by atoms with E-state index in [1.54, 1.807) is 16.7 Å². The van der Waals surface area contributed by atoms with Gasteiger partial charge in [0, 0.05) is 35.2 Å². The van der Waals surface area contributed by atoms with Crippen LogP contribution in [0.5, 0.6) is 0 Å². The molecule has 0 spiro atoms. The van der Waals surface area contributed by atoms with Crippen LogP contribution in [0.3, 0.4) is 0 Å². The Kier molecular flexibility index (Phi) is 9.55. The SMILES string of the molecule is CCNC(=O)C(CC)N(Cc1ccc(C)cc1)C(=O)CCSc1ccc(Cl)cc1. The first-order valence-corrected chi connectivity index (χ1v) is 11.3. The maximum Gasteiger partial charge on any atom is 0.242 e. The van der Waals surface area contributed by atoms with Gasteiger partial charge in [-0.05, 0) is 50.1 Å². The predicted octanol–water partition coefficient (Wildman–Crippen LogP) is 5.07. The molecule has 2 rings (SSSR count). The minimum Gasteiger partial charge on any atom is -0.355 e. The van der Waals surface area contributed by atoms with Crippen LogP contribution in [0.2, 0.25) is 5.02 Å². The quantitative estimate of drug-likeness (QED) is 0.533. The van der Waals surface area contributed by atoms with Gasteiger partial charge in [0.2, 0.25) is 11.8 Å². The van der Waals surface area contributed by atoms with Crippen LogP contribution in [0, 0.1) is 6.92 Å². The Morgan fingerprint density at radius 1 is 1.07 bits per heavy atom. The first-order chi connectivity index (χ1) is 13.9. The van der Waals surface area contributed by atoms with E-state index < -0.39 is 6.04 Å². The first-order valence-electron chi connectivity index (χ1n) is 9.95. The molecule has 1 N–H and O–H groups in total. The number of carbonyl (C=O) groups excluding carboxylic acids is 2. The molecule has 1 atom stereocenters. The first kappa shape index (κ1) is 23.3. The van der Waals surface area contributed by atoms with E-state index >= 15 is 0 Å². The van der Waals surface area contributed by atoms with E-state index in [1.165, 1.54) is 5.56 Å². The average molecular weight is 433 g/mol. The van der Waals surface area contributed by atoms with Crippen molar-refractivity contribution in [3.05, 3.63) is 64.7 Å². The molecular weight excluding hydrogens is 404 g/mol. The van der Waals surface area contributed by atoms with Crippen LogP contribution in [-0.2, 0) is 16.1 Å². The Morgan fingerprint density at radius 3 is 2.31 bits per heavy atom. The van der Waals surface area contributed by atoms with Crippen molar-refractivity contribution in [2.45, 2.75) is 51.1 Å². The molecule has 0 aliphatic heterocycles. The number of carbonyl (C=O) groups is 2. The molecule has 2 aromatic carbocycles. The lowest BCUT2D eigenvalue weighted by Gasteiger charge is -2.30. The van der Waals surface area contributed by atoms with Crippen LogP contribution in [0.4, 0.5) is 0 Å². The second kappa shape index (κ2) is 11.9. The summed E-state index contributed by atoms with van der Waals surface area (Å²) in [5.41, 5.74) is 2.19. The van der Waals surface area contributed by atoms with E-state index in [9.17, 15) is 9.59 Å². The summed E-state index contributed by atoms with van der Waals surface area (Å²) in [6.07, 6.45) is 0.947. The summed E-state index contributed by atoms with van der Waals surface area (Å²) in [6, 6.07) is 15.2. The molecule has 0 aromatic heterocycles. The Labute approximate surface area is 183 Å². The maximum atomic E-state index is 13.1. The molecule has 4 nitrogen and oxygen atoms in total. The molecule has 0 aliphatic rings. The molecule has 0 radical (unpaired) electrons. The third kappa shape index (κ3) is 7.41. The third-order valence-corrected chi connectivity index (χ3v) is 5.87. The van der Waals surface area contributed by atoms with Crippen molar-refractivity contribution in [3.8, 4) is 0 Å². The summed E-state index contributed by atoms with van der Waals surface area (Å²) in [7, 11) is 0. The number of nitrogens with one attached hydrogen (secondary N) is 1. The van der Waals surface area contributed by atoms with Gasteiger partial charge in [-0.1, -0.05) is 48.4 Å². The lowest BCUT2D eigenvalue weighted by atomic mass is 10.1. The van der Waals surface area contributed by atoms with Crippen molar-refractivity contribution >= 4 is 35.2 Å². The van der Waals surface area contributed by atoms with E-state index in [2.05, 4.69) is 5.32 Å². The Morgan fingerprint density at radius 2 is 1.72 bits per heavy atom. The second-order valence-electron chi connectivity index (χ2n) is 6.88. The highest BCUT2D eigenvalue weighted by molar-refractivity contribution is 7.99. The van der Waals surface area contributed by atoms with Gasteiger partial charge in [0.05, 0.1) is 0 Å². The zero-order valence-electron chi connectivity index (χ0n) is 17.3. The number of benzene rings is 2. The molecule has 1 unspecified atom stereocenters. The van der Waals surface area contributed by atoms with Crippen LogP contribution in [0.25, 0.3) is 0 Å². The number of aryl methyl sites for hydroxylation is 1. The molecule has 0 saturated carbocycles. The molecule has 156 valence electrons. The molecule has 6 heteroatoms. The number of hydrogen-bond acceptors (Lipinski definition) is 3. The smallest absolute Gasteiger partial charge is 0.242 e. The molecule has 0 bridgehead atoms. The molecule has 29 heavy (non-hydrogen) atoms. The average Bonchev–Trinajstić information content (AvgIpc) is 2.71. The highest BCUT2D eigenvalue weighted by Gasteiger charge is 2.28. The van der Waals surface area contributed by atoms with Crippen molar-refractivity contribution in [3.63, 3.8) is 0 Å². The largest absolute Gasteiger partial charge is 0.355 e. The summed E-state index contributed by atoms with van der Waals surface area (Å²) >= 11 is 7.54. The molecule has 0 fully saturated rings. The van der Waals surface area contributed by atoms with Gasteiger partial charge in [-0.15, -0.1) is 11.8 Å². The van der Waals surface area contributed by atoms with Gasteiger partial charge in [-0.25, -0.2) is 0 Å². The highest BCUT2D eigenvalue weighted by atomic mass is 35.5. The Balaban J connectivity index is 2.08. The molecule has 0 heterocycles. The number of amides is 2. The van der Waals surface area contributed by atoms with Gasteiger partial charge in [-0.3, -0.25) is 9.59 Å². The topological polar surface area (TPSA) is 49.4 Å². The van der Waals surface area contributed by atoms with Gasteiger partial charge in [0.15, 0.2) is 0 Å². The summed E-state index contributed by atoms with van der Waals surface area (Å²) in [5.74, 6) is 0.544. The van der Waals surface area contributed by atoms with Crippen molar-refractivity contribution in [1.82, 2.24) is 10.2 Å². The minimum absolute atomic E-state index is 0.00913. The predicted molar refractivity (Wildman–Crippen MR) is 121 cm³/mol. The van der Waals surface area contributed by atoms with Gasteiger partial charge in [0.25, 0.3) is 0 Å². The summed E-state index contributed by atoms with van der Waals surface area (Å²) < 4.78 is 0. The van der Waals surface area contributed by atoms with Gasteiger partial charge < -0.3 is 10.2 Å². The minimum atomic E-state index is -0.468. The fourth-order valence-corrected chi connectivity index (χ4v) is 4.00. The van der Waals surface area contributed by atoms with Crippen LogP contribution in [-0.4, -0.2) is 35.1 Å². The molecule has 0 aliphatic carbocycles. The number of rotatable bonds is 10. The standard InChI is InChI=1S/C23H29ClN2O2S/c1-4-21(23(28)25-5-2)26(16-18-8-6-17(3)7-9-18)22(27)14-15-29-20-12-10-19(24)11-13-20/h6-13,21H,4-5,14-16H2,1-3H3,(H,25,28). The maximum absolute atomic E-state index is 13.1. The zero-order valence-corrected chi connectivity index (χ0v) is 18.9. The van der Waals surface area contributed by atoms with Gasteiger partial charge >= 0.3 is 0 Å². The van der Waals surface area contributed by atoms with Crippen molar-refractivity contribution in [2.24, 2.45) is 0 Å². The summed E-state index contributed by atoms with van der Waals surface area (Å²) in [5, 5.41) is 3.56. The number of hydrogen-bond donors (Lipinski definition) is 1. The summed E-state index contributed by atoms with van der Waals surface area (Å²) in [4.78, 5) is 28.4. The van der Waals surface area contributed by atoms with E-state index in [-0.39, 0.29) is 11.8 Å². The van der Waals surface area contributed by atoms with Crippen LogP contribution < -0.4 is 5.32 Å². The third-order valence-electron chi connectivity index (χ3n) is 4.61. The number of likely N-dealkylation sites (N-methyl/N-ethyl adjacent to an activating group) is 1. The molecular formula is C23H29ClN2O2S. The van der Waals surface area contributed by atoms with Crippen molar-refractivity contribution in [2.75, 3.05) is 12.3 Å². The van der Waals surface area contributed by atoms with Gasteiger partial charge in [0.1, 0.15) is 6.04 Å². The van der Waals surface area contributed by atoms with Crippen LogP contribution in [0.15, 0.2) is 53.4 Å². The highest BCUT2D eigenvalue weighted by Crippen LogP contribution is 2.22. The number of halogens is 1. The normalized spacial score (nSPS) is 11.7. The van der Waals surface area contributed by atoms with Crippen LogP contribution >= 0.6 is 23.4 Å². The second-order valence-corrected chi connectivity index (χ2v) is 8.48. The molecule has 0 saturated heterocycles. The van der Waals surface area contributed by atoms with E-state index in [4.69, 9.17) is 11.6 Å². The van der Waals surface area contributed by atoms with E-state index in [0.29, 0.717) is 36.7 Å². The molecule has 2 aromatic rings. The van der Waals surface area contributed by atoms with Crippen LogP contribution in [0.1, 0.15) is 37.8 Å². The zero-order chi connectivity index (χ0) is 21.2. The lowest BCUT2D eigenvalue weighted by Crippen LogP contribution is -2.49. The fourth-order valence-electron chi connectivity index (χ4n) is 3.03. The van der Waals surface area contributed by atoms with Crippen molar-refractivity contribution < 1.29 is 9.59 Å². The summed E-state index contributed by atoms with van der Waals surface area (Å²) in [6.45, 7) is 6.84. The number of nitrogens with zero attached hydrogens (tertiary/aromatic N) is 1. The van der Waals surface area contributed by atoms with Crippen molar-refractivity contribution in [1.29, 1.82) is 0 Å². The fraction of sp³-hybridized carbons (Fsp3) is 0.391. The molecule has 2 amide bonds. The monoisotopic (exact) mass is 432 g/mol. The number of thioether (sulfide) groups is 1. The Hall–Kier alpha value is -1.98. The van der Waals surface area contributed by atoms with Gasteiger partial charge in [-0.2, -0.15) is 0 Å². The Bertz CT molecular complexity index is 794.